The first-order chi connectivity index (χ1) is 9.69. The molecule has 4 nitrogen and oxygen atoms in total. The van der Waals surface area contributed by atoms with Crippen LogP contribution in [0.4, 0.5) is 0 Å². The Hall–Kier alpha value is -1.06. The molecular formula is C16H18O4. The van der Waals surface area contributed by atoms with Gasteiger partial charge >= 0.3 is 11.9 Å². The van der Waals surface area contributed by atoms with Crippen molar-refractivity contribution in [1.29, 1.82) is 0 Å². The van der Waals surface area contributed by atoms with Gasteiger partial charge in [-0.15, -0.1) is 0 Å². The standard InChI is InChI=1S/C16H18O4/c1-19-14(17)16(15(18)20-2)12-8-4-3-5-7-6(4)10(12)11(7)13(16)9(5)8/h4-13H,3H2,1-2H3. The van der Waals surface area contributed by atoms with Crippen molar-refractivity contribution in [3.63, 3.8) is 0 Å². The molecule has 7 fully saturated rings. The van der Waals surface area contributed by atoms with Crippen molar-refractivity contribution in [3.8, 4) is 0 Å². The maximum atomic E-state index is 12.6. The highest BCUT2D eigenvalue weighted by Gasteiger charge is 2.95. The van der Waals surface area contributed by atoms with Crippen LogP contribution in [0.1, 0.15) is 6.42 Å². The molecule has 4 bridgehead atoms. The van der Waals surface area contributed by atoms with Crippen LogP contribution in [0.5, 0.6) is 0 Å². The topological polar surface area (TPSA) is 52.6 Å². The van der Waals surface area contributed by atoms with Crippen LogP contribution in [0.3, 0.4) is 0 Å². The number of methoxy groups -OCH3 is 2. The Morgan fingerprint density at radius 2 is 1.25 bits per heavy atom. The van der Waals surface area contributed by atoms with Crippen LogP contribution in [-0.2, 0) is 19.1 Å². The van der Waals surface area contributed by atoms with Gasteiger partial charge in [-0.2, -0.15) is 0 Å². The number of esters is 2. The molecule has 0 aromatic heterocycles. The van der Waals surface area contributed by atoms with Crippen LogP contribution in [-0.4, -0.2) is 26.2 Å². The van der Waals surface area contributed by atoms with E-state index in [-0.39, 0.29) is 23.8 Å². The Balaban J connectivity index is 1.62. The van der Waals surface area contributed by atoms with Crippen molar-refractivity contribution in [2.45, 2.75) is 6.42 Å². The van der Waals surface area contributed by atoms with E-state index in [2.05, 4.69) is 0 Å². The third kappa shape index (κ3) is 0.626. The van der Waals surface area contributed by atoms with Crippen LogP contribution in [0, 0.1) is 64.6 Å². The summed E-state index contributed by atoms with van der Waals surface area (Å²) in [6.45, 7) is 0. The first-order valence-corrected chi connectivity index (χ1v) is 7.86. The molecule has 0 heterocycles. The van der Waals surface area contributed by atoms with E-state index in [0.29, 0.717) is 23.7 Å². The van der Waals surface area contributed by atoms with Gasteiger partial charge in [0.2, 0.25) is 0 Å². The lowest BCUT2D eigenvalue weighted by Crippen LogP contribution is -2.46. The number of rotatable bonds is 2. The van der Waals surface area contributed by atoms with Crippen molar-refractivity contribution in [3.05, 3.63) is 0 Å². The molecule has 4 heteroatoms. The first-order valence-electron chi connectivity index (χ1n) is 7.86. The van der Waals surface area contributed by atoms with Gasteiger partial charge in [-0.25, -0.2) is 0 Å². The zero-order valence-electron chi connectivity index (χ0n) is 11.6. The summed E-state index contributed by atoms with van der Waals surface area (Å²) in [6.07, 6.45) is 1.38. The molecule has 7 rings (SSSR count). The predicted octanol–water partition coefficient (Wildman–Crippen LogP) is 0.952. The second kappa shape index (κ2) is 2.67. The Labute approximate surface area is 117 Å². The summed E-state index contributed by atoms with van der Waals surface area (Å²) >= 11 is 0. The molecule has 7 aliphatic carbocycles. The second-order valence-corrected chi connectivity index (χ2v) is 7.93. The van der Waals surface area contributed by atoms with E-state index in [0.717, 1.165) is 23.7 Å². The average Bonchev–Trinajstić information content (AvgIpc) is 3.08. The fourth-order valence-electron chi connectivity index (χ4n) is 8.93. The first kappa shape index (κ1) is 10.6. The van der Waals surface area contributed by atoms with E-state index in [1.165, 1.54) is 20.6 Å². The summed E-state index contributed by atoms with van der Waals surface area (Å²) in [5.74, 6) is 5.64. The van der Waals surface area contributed by atoms with Crippen molar-refractivity contribution < 1.29 is 19.1 Å². The van der Waals surface area contributed by atoms with Gasteiger partial charge in [0, 0.05) is 0 Å². The molecule has 0 aliphatic heterocycles. The molecule has 10 atom stereocenters. The minimum absolute atomic E-state index is 0.237. The van der Waals surface area contributed by atoms with Gasteiger partial charge in [-0.3, -0.25) is 9.59 Å². The molecule has 0 aromatic carbocycles. The highest BCUT2D eigenvalue weighted by atomic mass is 16.5. The quantitative estimate of drug-likeness (QED) is 0.556. The molecule has 0 N–H and O–H groups in total. The smallest absolute Gasteiger partial charge is 0.323 e. The van der Waals surface area contributed by atoms with Gasteiger partial charge in [0.05, 0.1) is 14.2 Å². The van der Waals surface area contributed by atoms with Gasteiger partial charge in [0.1, 0.15) is 0 Å². The average molecular weight is 274 g/mol. The molecule has 0 radical (unpaired) electrons. The normalized spacial score (nSPS) is 63.1. The summed E-state index contributed by atoms with van der Waals surface area (Å²) in [7, 11) is 2.84. The summed E-state index contributed by atoms with van der Waals surface area (Å²) in [4.78, 5) is 25.3. The monoisotopic (exact) mass is 274 g/mol. The number of ether oxygens (including phenoxy) is 2. The molecule has 0 spiro atoms. The molecule has 0 saturated heterocycles. The van der Waals surface area contributed by atoms with Gasteiger partial charge in [0.25, 0.3) is 0 Å². The number of carbonyl (C=O) groups excluding carboxylic acids is 2. The zero-order valence-corrected chi connectivity index (χ0v) is 11.6. The van der Waals surface area contributed by atoms with E-state index in [1.807, 2.05) is 0 Å². The highest BCUT2D eigenvalue weighted by Crippen LogP contribution is 2.94. The highest BCUT2D eigenvalue weighted by molar-refractivity contribution is 6.02. The molecule has 7 aliphatic rings. The van der Waals surface area contributed by atoms with Crippen LogP contribution in [0.15, 0.2) is 0 Å². The Kier molecular flexibility index (Phi) is 1.42. The molecule has 0 aromatic rings. The lowest BCUT2D eigenvalue weighted by Gasteiger charge is -2.44. The summed E-state index contributed by atoms with van der Waals surface area (Å²) in [5, 5.41) is 0. The summed E-state index contributed by atoms with van der Waals surface area (Å²) in [5.41, 5.74) is -0.939. The minimum Gasteiger partial charge on any atom is -0.468 e. The predicted molar refractivity (Wildman–Crippen MR) is 66.0 cm³/mol. The van der Waals surface area contributed by atoms with Gasteiger partial charge in [-0.1, -0.05) is 0 Å². The summed E-state index contributed by atoms with van der Waals surface area (Å²) < 4.78 is 10.2. The number of hydrogen-bond donors (Lipinski definition) is 0. The van der Waals surface area contributed by atoms with Crippen molar-refractivity contribution in [2.75, 3.05) is 14.2 Å². The zero-order chi connectivity index (χ0) is 13.5. The van der Waals surface area contributed by atoms with Crippen LogP contribution in [0.2, 0.25) is 0 Å². The maximum absolute atomic E-state index is 12.6. The number of carbonyl (C=O) groups is 2. The number of hydrogen-bond acceptors (Lipinski definition) is 4. The van der Waals surface area contributed by atoms with Crippen LogP contribution < -0.4 is 0 Å². The van der Waals surface area contributed by atoms with E-state index < -0.39 is 5.41 Å². The van der Waals surface area contributed by atoms with E-state index in [4.69, 9.17) is 9.47 Å². The fourth-order valence-corrected chi connectivity index (χ4v) is 8.93. The largest absolute Gasteiger partial charge is 0.468 e. The van der Waals surface area contributed by atoms with Gasteiger partial charge in [0.15, 0.2) is 5.41 Å². The van der Waals surface area contributed by atoms with Crippen LogP contribution >= 0.6 is 0 Å². The lowest BCUT2D eigenvalue weighted by atomic mass is 9.60. The third-order valence-corrected chi connectivity index (χ3v) is 8.50. The van der Waals surface area contributed by atoms with Crippen molar-refractivity contribution in [2.24, 2.45) is 64.6 Å². The van der Waals surface area contributed by atoms with Gasteiger partial charge < -0.3 is 9.47 Å². The summed E-state index contributed by atoms with van der Waals surface area (Å²) in [6, 6.07) is 0. The van der Waals surface area contributed by atoms with Crippen LogP contribution in [0.25, 0.3) is 0 Å². The molecule has 106 valence electrons. The van der Waals surface area contributed by atoms with E-state index >= 15 is 0 Å². The van der Waals surface area contributed by atoms with E-state index in [9.17, 15) is 9.59 Å². The molecule has 20 heavy (non-hydrogen) atoms. The Morgan fingerprint density at radius 1 is 0.800 bits per heavy atom. The van der Waals surface area contributed by atoms with Gasteiger partial charge in [-0.05, 0) is 65.6 Å². The van der Waals surface area contributed by atoms with Crippen molar-refractivity contribution >= 4 is 11.9 Å². The molecular weight excluding hydrogens is 256 g/mol. The molecule has 7 saturated carbocycles. The van der Waals surface area contributed by atoms with Crippen molar-refractivity contribution in [1.82, 2.24) is 0 Å². The minimum atomic E-state index is -0.939. The second-order valence-electron chi connectivity index (χ2n) is 7.93. The lowest BCUT2D eigenvalue weighted by molar-refractivity contribution is -0.174. The SMILES string of the molecule is COC(=O)C1(C(=O)OC)C2C3C4CC5C6C4C2C6C1C53. The maximum Gasteiger partial charge on any atom is 0.323 e. The molecule has 10 unspecified atom stereocenters. The molecule has 0 amide bonds. The Morgan fingerprint density at radius 3 is 1.65 bits per heavy atom. The fraction of sp³-hybridized carbons (Fsp3) is 0.875. The Bertz CT molecular complexity index is 529. The third-order valence-electron chi connectivity index (χ3n) is 8.50. The van der Waals surface area contributed by atoms with E-state index in [1.54, 1.807) is 0 Å².